The predicted octanol–water partition coefficient (Wildman–Crippen LogP) is 0.939. The Bertz CT molecular complexity index is 386. The third kappa shape index (κ3) is 3.21. The van der Waals surface area contributed by atoms with Gasteiger partial charge in [-0.3, -0.25) is 0 Å². The van der Waals surface area contributed by atoms with Gasteiger partial charge in [0.25, 0.3) is 0 Å². The highest BCUT2D eigenvalue weighted by Crippen LogP contribution is 2.11. The molecule has 0 atom stereocenters. The van der Waals surface area contributed by atoms with E-state index in [-0.39, 0.29) is 0 Å². The van der Waals surface area contributed by atoms with E-state index in [1.807, 2.05) is 0 Å². The van der Waals surface area contributed by atoms with Crippen LogP contribution in [0.15, 0.2) is 10.5 Å². The predicted molar refractivity (Wildman–Crippen MR) is 56.9 cm³/mol. The fraction of sp³-hybridized carbons (Fsp3) is 0.375. The number of hydrogen-bond donors (Lipinski definition) is 2. The smallest absolute Gasteiger partial charge is 0.350 e. The van der Waals surface area contributed by atoms with Gasteiger partial charge in [0.2, 0.25) is 5.60 Å². The van der Waals surface area contributed by atoms with Crippen molar-refractivity contribution in [2.45, 2.75) is 19.4 Å². The van der Waals surface area contributed by atoms with Gasteiger partial charge in [0.1, 0.15) is 0 Å². The number of oxime groups is 1. The van der Waals surface area contributed by atoms with Gasteiger partial charge in [-0.2, -0.15) is 0 Å². The number of anilines is 1. The number of rotatable bonds is 4. The Morgan fingerprint density at radius 2 is 2.47 bits per heavy atom. The van der Waals surface area contributed by atoms with Crippen molar-refractivity contribution in [3.63, 3.8) is 0 Å². The zero-order valence-electron chi connectivity index (χ0n) is 8.30. The maximum absolute atomic E-state index is 10.6. The lowest BCUT2D eigenvalue weighted by Gasteiger charge is -2.15. The minimum atomic E-state index is -1.35. The molecule has 1 rings (SSSR count). The standard InChI is InChI=1S/C8H11N3O3S/c1-8(2,6(12)13)14-10-3-5-4-15-7(9)11-5/h3-4H,1-2H3,(H2,9,11)(H,12,13). The van der Waals surface area contributed by atoms with Crippen LogP contribution in [-0.2, 0) is 9.63 Å². The fourth-order valence-corrected chi connectivity index (χ4v) is 1.12. The van der Waals surface area contributed by atoms with Crippen LogP contribution >= 0.6 is 11.3 Å². The molecular weight excluding hydrogens is 218 g/mol. The van der Waals surface area contributed by atoms with Crippen molar-refractivity contribution in [1.29, 1.82) is 0 Å². The number of carbonyl (C=O) groups is 1. The summed E-state index contributed by atoms with van der Waals surface area (Å²) in [6.07, 6.45) is 1.32. The lowest BCUT2D eigenvalue weighted by molar-refractivity contribution is -0.161. The van der Waals surface area contributed by atoms with E-state index in [9.17, 15) is 4.79 Å². The molecule has 0 aliphatic carbocycles. The Labute approximate surface area is 90.4 Å². The summed E-state index contributed by atoms with van der Waals surface area (Å²) >= 11 is 1.27. The summed E-state index contributed by atoms with van der Waals surface area (Å²) in [7, 11) is 0. The third-order valence-corrected chi connectivity index (χ3v) is 2.21. The molecule has 3 N–H and O–H groups in total. The van der Waals surface area contributed by atoms with Crippen LogP contribution in [0.1, 0.15) is 19.5 Å². The van der Waals surface area contributed by atoms with Gasteiger partial charge in [0.05, 0.1) is 11.9 Å². The monoisotopic (exact) mass is 229 g/mol. The van der Waals surface area contributed by atoms with Crippen LogP contribution in [0.2, 0.25) is 0 Å². The van der Waals surface area contributed by atoms with E-state index in [1.165, 1.54) is 31.4 Å². The largest absolute Gasteiger partial charge is 0.478 e. The number of aliphatic carboxylic acids is 1. The molecule has 6 nitrogen and oxygen atoms in total. The lowest BCUT2D eigenvalue weighted by atomic mass is 10.1. The summed E-state index contributed by atoms with van der Waals surface area (Å²) < 4.78 is 0. The van der Waals surface area contributed by atoms with Gasteiger partial charge in [-0.1, -0.05) is 5.16 Å². The van der Waals surface area contributed by atoms with Gasteiger partial charge in [-0.25, -0.2) is 9.78 Å². The first kappa shape index (κ1) is 11.4. The normalized spacial score (nSPS) is 11.9. The second kappa shape index (κ2) is 4.26. The van der Waals surface area contributed by atoms with Gasteiger partial charge in [-0.05, 0) is 13.8 Å². The first-order chi connectivity index (χ1) is 6.92. The number of thiazole rings is 1. The number of nitrogens with two attached hydrogens (primary N) is 1. The molecule has 1 aromatic rings. The zero-order valence-corrected chi connectivity index (χ0v) is 9.11. The Morgan fingerprint density at radius 3 is 2.93 bits per heavy atom. The van der Waals surface area contributed by atoms with Gasteiger partial charge in [0, 0.05) is 5.38 Å². The second-order valence-corrected chi connectivity index (χ2v) is 4.14. The van der Waals surface area contributed by atoms with E-state index in [0.717, 1.165) is 0 Å². The molecule has 0 amide bonds. The minimum absolute atomic E-state index is 0.425. The molecule has 0 bridgehead atoms. The average Bonchev–Trinajstić information content (AvgIpc) is 2.51. The van der Waals surface area contributed by atoms with Gasteiger partial charge < -0.3 is 15.7 Å². The van der Waals surface area contributed by atoms with E-state index >= 15 is 0 Å². The zero-order chi connectivity index (χ0) is 11.5. The molecule has 0 aliphatic heterocycles. The molecule has 7 heteroatoms. The fourth-order valence-electron chi connectivity index (χ4n) is 0.611. The van der Waals surface area contributed by atoms with Gasteiger partial charge in [0.15, 0.2) is 5.13 Å². The SMILES string of the molecule is CC(C)(ON=Cc1csc(N)n1)C(=O)O. The quantitative estimate of drug-likeness (QED) is 0.591. The summed E-state index contributed by atoms with van der Waals surface area (Å²) in [5.74, 6) is -1.09. The Kier molecular flexibility index (Phi) is 3.25. The molecule has 0 unspecified atom stereocenters. The van der Waals surface area contributed by atoms with Crippen molar-refractivity contribution < 1.29 is 14.7 Å². The highest BCUT2D eigenvalue weighted by Gasteiger charge is 2.29. The number of hydrogen-bond acceptors (Lipinski definition) is 6. The van der Waals surface area contributed by atoms with Crippen LogP contribution in [-0.4, -0.2) is 27.9 Å². The summed E-state index contributed by atoms with van der Waals surface area (Å²) in [5, 5.41) is 14.4. The highest BCUT2D eigenvalue weighted by atomic mass is 32.1. The Balaban J connectivity index is 2.57. The minimum Gasteiger partial charge on any atom is -0.478 e. The van der Waals surface area contributed by atoms with E-state index < -0.39 is 11.6 Å². The van der Waals surface area contributed by atoms with Crippen LogP contribution < -0.4 is 5.73 Å². The first-order valence-corrected chi connectivity index (χ1v) is 4.96. The molecule has 0 fully saturated rings. The summed E-state index contributed by atoms with van der Waals surface area (Å²) in [6, 6.07) is 0. The Morgan fingerprint density at radius 1 is 1.80 bits per heavy atom. The first-order valence-electron chi connectivity index (χ1n) is 4.08. The van der Waals surface area contributed by atoms with Crippen LogP contribution in [0.5, 0.6) is 0 Å². The molecule has 15 heavy (non-hydrogen) atoms. The van der Waals surface area contributed by atoms with E-state index in [4.69, 9.17) is 15.7 Å². The molecule has 0 aliphatic rings. The Hall–Kier alpha value is -1.63. The van der Waals surface area contributed by atoms with Gasteiger partial charge in [-0.15, -0.1) is 11.3 Å². The van der Waals surface area contributed by atoms with Crippen molar-refractivity contribution >= 4 is 28.7 Å². The van der Waals surface area contributed by atoms with Crippen LogP contribution in [0, 0.1) is 0 Å². The number of carboxylic acids is 1. The van der Waals surface area contributed by atoms with E-state index in [1.54, 1.807) is 5.38 Å². The third-order valence-electron chi connectivity index (χ3n) is 1.52. The molecule has 1 aromatic heterocycles. The van der Waals surface area contributed by atoms with Crippen molar-refractivity contribution in [3.05, 3.63) is 11.1 Å². The summed E-state index contributed by atoms with van der Waals surface area (Å²) in [6.45, 7) is 2.81. The summed E-state index contributed by atoms with van der Waals surface area (Å²) in [4.78, 5) is 19.3. The molecule has 0 spiro atoms. The molecule has 1 heterocycles. The molecule has 0 aromatic carbocycles. The van der Waals surface area contributed by atoms with E-state index in [0.29, 0.717) is 10.8 Å². The van der Waals surface area contributed by atoms with Gasteiger partial charge >= 0.3 is 5.97 Å². The van der Waals surface area contributed by atoms with E-state index in [2.05, 4.69) is 10.1 Å². The maximum Gasteiger partial charge on any atom is 0.350 e. The number of aromatic nitrogens is 1. The lowest BCUT2D eigenvalue weighted by Crippen LogP contribution is -2.32. The second-order valence-electron chi connectivity index (χ2n) is 3.25. The number of nitrogen functional groups attached to an aromatic ring is 1. The van der Waals surface area contributed by atoms with Crippen molar-refractivity contribution in [1.82, 2.24) is 4.98 Å². The molecule has 0 saturated heterocycles. The van der Waals surface area contributed by atoms with Crippen molar-refractivity contribution in [3.8, 4) is 0 Å². The number of carboxylic acid groups (broad SMARTS) is 1. The molecular formula is C8H11N3O3S. The molecule has 0 saturated carbocycles. The topological polar surface area (TPSA) is 97.8 Å². The van der Waals surface area contributed by atoms with Crippen molar-refractivity contribution in [2.24, 2.45) is 5.16 Å². The number of nitrogens with zero attached hydrogens (tertiary/aromatic N) is 2. The van der Waals surface area contributed by atoms with Crippen LogP contribution in [0.3, 0.4) is 0 Å². The van der Waals surface area contributed by atoms with Crippen LogP contribution in [0.4, 0.5) is 5.13 Å². The molecule has 0 radical (unpaired) electrons. The summed E-state index contributed by atoms with van der Waals surface area (Å²) in [5.41, 5.74) is 4.59. The molecule has 82 valence electrons. The van der Waals surface area contributed by atoms with Crippen molar-refractivity contribution in [2.75, 3.05) is 5.73 Å². The highest BCUT2D eigenvalue weighted by molar-refractivity contribution is 7.13. The maximum atomic E-state index is 10.6. The average molecular weight is 229 g/mol. The van der Waals surface area contributed by atoms with Crippen LogP contribution in [0.25, 0.3) is 0 Å².